The van der Waals surface area contributed by atoms with Crippen molar-refractivity contribution >= 4 is 63.0 Å². The fourth-order valence-corrected chi connectivity index (χ4v) is 4.31. The number of anilines is 2. The number of methoxy groups -OCH3 is 1. The molecule has 0 atom stereocenters. The lowest BCUT2D eigenvalue weighted by Gasteiger charge is -2.34. The molecule has 0 spiro atoms. The minimum Gasteiger partial charge on any atom is -0.465 e. The number of aromatic nitrogens is 2. The molecule has 3 aromatic rings. The Hall–Kier alpha value is -2.85. The van der Waals surface area contributed by atoms with E-state index in [2.05, 4.69) is 49.2 Å². The Kier molecular flexibility index (Phi) is 6.80. The number of nitrogens with one attached hydrogen (secondary N) is 1. The first-order valence-electron chi connectivity index (χ1n) is 10.1. The number of esters is 1. The number of urea groups is 1. The first kappa shape index (κ1) is 22.3. The fraction of sp³-hybridized carbons (Fsp3) is 0.273. The standard InChI is InChI=1S/C22H22BrN5O3S/c1-31-21(29)14-3-2-4-18(12-14)28(32)22(30)25-17-7-9-27(10-8-17)20-19-6-5-16(23)11-15(19)13-24-26-20/h2-6,11-13,17,32H,7-10H2,1H3,(H,25,30). The third kappa shape index (κ3) is 4.81. The summed E-state index contributed by atoms with van der Waals surface area (Å²) in [4.78, 5) is 26.6. The maximum atomic E-state index is 12.7. The van der Waals surface area contributed by atoms with Gasteiger partial charge in [-0.05, 0) is 49.2 Å². The van der Waals surface area contributed by atoms with Gasteiger partial charge in [0.05, 0.1) is 24.6 Å². The highest BCUT2D eigenvalue weighted by Gasteiger charge is 2.25. The molecule has 0 bridgehead atoms. The maximum Gasteiger partial charge on any atom is 0.337 e. The molecule has 1 aromatic heterocycles. The highest BCUT2D eigenvalue weighted by Crippen LogP contribution is 2.28. The Balaban J connectivity index is 1.38. The second-order valence-electron chi connectivity index (χ2n) is 7.46. The van der Waals surface area contributed by atoms with Crippen LogP contribution in [-0.2, 0) is 4.74 Å². The quantitative estimate of drug-likeness (QED) is 0.399. The molecule has 1 aliphatic heterocycles. The Labute approximate surface area is 199 Å². The molecule has 32 heavy (non-hydrogen) atoms. The van der Waals surface area contributed by atoms with Crippen LogP contribution in [0, 0.1) is 0 Å². The van der Waals surface area contributed by atoms with Gasteiger partial charge in [-0.2, -0.15) is 5.10 Å². The molecule has 1 aliphatic rings. The van der Waals surface area contributed by atoms with E-state index >= 15 is 0 Å². The van der Waals surface area contributed by atoms with Crippen LogP contribution in [0.1, 0.15) is 23.2 Å². The summed E-state index contributed by atoms with van der Waals surface area (Å²) in [5.41, 5.74) is 0.844. The largest absolute Gasteiger partial charge is 0.465 e. The van der Waals surface area contributed by atoms with Crippen molar-refractivity contribution < 1.29 is 14.3 Å². The Morgan fingerprint density at radius 3 is 2.75 bits per heavy atom. The van der Waals surface area contributed by atoms with Crippen LogP contribution in [0.2, 0.25) is 0 Å². The van der Waals surface area contributed by atoms with Gasteiger partial charge in [-0.25, -0.2) is 13.9 Å². The van der Waals surface area contributed by atoms with Gasteiger partial charge in [0.15, 0.2) is 5.82 Å². The third-order valence-electron chi connectivity index (χ3n) is 5.43. The zero-order chi connectivity index (χ0) is 22.7. The SMILES string of the molecule is COC(=O)c1cccc(N(S)C(=O)NC2CCN(c3nncc4cc(Br)ccc34)CC2)c1. The van der Waals surface area contributed by atoms with Crippen LogP contribution < -0.4 is 14.5 Å². The molecule has 2 heterocycles. The van der Waals surface area contributed by atoms with Gasteiger partial charge in [-0.1, -0.05) is 34.8 Å². The second kappa shape index (κ2) is 9.74. The number of thiol groups is 1. The van der Waals surface area contributed by atoms with Crippen molar-refractivity contribution in [3.8, 4) is 0 Å². The minimum atomic E-state index is -0.467. The zero-order valence-electron chi connectivity index (χ0n) is 17.4. The van der Waals surface area contributed by atoms with E-state index in [0.717, 1.165) is 47.0 Å². The van der Waals surface area contributed by atoms with Gasteiger partial charge in [-0.3, -0.25) is 0 Å². The Bertz CT molecular complexity index is 1150. The molecule has 1 fully saturated rings. The van der Waals surface area contributed by atoms with Gasteiger partial charge in [0, 0.05) is 34.4 Å². The van der Waals surface area contributed by atoms with Crippen molar-refractivity contribution in [3.05, 3.63) is 58.7 Å². The number of nitrogens with zero attached hydrogens (tertiary/aromatic N) is 4. The third-order valence-corrected chi connectivity index (χ3v) is 6.34. The first-order chi connectivity index (χ1) is 15.5. The lowest BCUT2D eigenvalue weighted by atomic mass is 10.0. The number of rotatable bonds is 4. The summed E-state index contributed by atoms with van der Waals surface area (Å²) in [7, 11) is 1.31. The van der Waals surface area contributed by atoms with E-state index < -0.39 is 5.97 Å². The molecule has 0 saturated carbocycles. The molecular weight excluding hydrogens is 494 g/mol. The molecule has 0 radical (unpaired) electrons. The lowest BCUT2D eigenvalue weighted by molar-refractivity contribution is 0.0600. The van der Waals surface area contributed by atoms with E-state index in [0.29, 0.717) is 11.3 Å². The molecule has 1 N–H and O–H groups in total. The number of ether oxygens (including phenoxy) is 1. The second-order valence-corrected chi connectivity index (χ2v) is 8.78. The number of halogens is 1. The normalized spacial score (nSPS) is 14.3. The zero-order valence-corrected chi connectivity index (χ0v) is 19.8. The Morgan fingerprint density at radius 1 is 1.22 bits per heavy atom. The molecule has 166 valence electrons. The van der Waals surface area contributed by atoms with Crippen LogP contribution in [0.5, 0.6) is 0 Å². The van der Waals surface area contributed by atoms with E-state index in [1.165, 1.54) is 11.4 Å². The van der Waals surface area contributed by atoms with E-state index in [1.807, 2.05) is 18.2 Å². The van der Waals surface area contributed by atoms with Crippen LogP contribution in [-0.4, -0.2) is 48.4 Å². The molecule has 2 aromatic carbocycles. The van der Waals surface area contributed by atoms with Gasteiger partial charge in [0.1, 0.15) is 0 Å². The van der Waals surface area contributed by atoms with Crippen molar-refractivity contribution in [2.24, 2.45) is 0 Å². The van der Waals surface area contributed by atoms with Gasteiger partial charge >= 0.3 is 12.0 Å². The number of carbonyl (C=O) groups is 2. The van der Waals surface area contributed by atoms with Gasteiger partial charge in [0.25, 0.3) is 0 Å². The molecule has 0 unspecified atom stereocenters. The molecule has 8 nitrogen and oxygen atoms in total. The summed E-state index contributed by atoms with van der Waals surface area (Å²) in [6.07, 6.45) is 3.29. The van der Waals surface area contributed by atoms with Crippen LogP contribution >= 0.6 is 28.7 Å². The first-order valence-corrected chi connectivity index (χ1v) is 11.3. The van der Waals surface area contributed by atoms with Crippen molar-refractivity contribution in [1.29, 1.82) is 0 Å². The molecule has 4 rings (SSSR count). The smallest absolute Gasteiger partial charge is 0.337 e. The minimum absolute atomic E-state index is 0.00858. The van der Waals surface area contributed by atoms with Crippen molar-refractivity contribution in [1.82, 2.24) is 15.5 Å². The summed E-state index contributed by atoms with van der Waals surface area (Å²) in [6, 6.07) is 12.3. The predicted molar refractivity (Wildman–Crippen MR) is 130 cm³/mol. The number of benzene rings is 2. The number of fused-ring (bicyclic) bond motifs is 1. The molecule has 10 heteroatoms. The van der Waals surface area contributed by atoms with Crippen molar-refractivity contribution in [2.75, 3.05) is 29.4 Å². The monoisotopic (exact) mass is 515 g/mol. The number of hydrogen-bond acceptors (Lipinski definition) is 7. The van der Waals surface area contributed by atoms with Crippen LogP contribution in [0.25, 0.3) is 10.8 Å². The highest BCUT2D eigenvalue weighted by atomic mass is 79.9. The molecule has 2 amide bonds. The van der Waals surface area contributed by atoms with E-state index in [1.54, 1.807) is 30.5 Å². The lowest BCUT2D eigenvalue weighted by Crippen LogP contribution is -2.47. The average Bonchev–Trinajstić information content (AvgIpc) is 2.83. The predicted octanol–water partition coefficient (Wildman–Crippen LogP) is 4.21. The van der Waals surface area contributed by atoms with Crippen LogP contribution in [0.4, 0.5) is 16.3 Å². The van der Waals surface area contributed by atoms with Gasteiger partial charge in [0.2, 0.25) is 0 Å². The summed E-state index contributed by atoms with van der Waals surface area (Å²) >= 11 is 7.81. The molecule has 0 aliphatic carbocycles. The number of hydrogen-bond donors (Lipinski definition) is 2. The van der Waals surface area contributed by atoms with E-state index in [9.17, 15) is 9.59 Å². The van der Waals surface area contributed by atoms with E-state index in [4.69, 9.17) is 4.74 Å². The summed E-state index contributed by atoms with van der Waals surface area (Å²) in [6.45, 7) is 1.50. The number of piperidine rings is 1. The summed E-state index contributed by atoms with van der Waals surface area (Å²) in [5.74, 6) is 0.389. The highest BCUT2D eigenvalue weighted by molar-refractivity contribution is 9.10. The van der Waals surface area contributed by atoms with Crippen molar-refractivity contribution in [3.63, 3.8) is 0 Å². The number of amides is 2. The fourth-order valence-electron chi connectivity index (χ4n) is 3.75. The molecule has 1 saturated heterocycles. The van der Waals surface area contributed by atoms with Crippen LogP contribution in [0.15, 0.2) is 53.1 Å². The molecular formula is C22H22BrN5O3S. The Morgan fingerprint density at radius 2 is 2.00 bits per heavy atom. The summed E-state index contributed by atoms with van der Waals surface area (Å²) < 4.78 is 6.93. The number of carbonyl (C=O) groups excluding carboxylic acids is 2. The van der Waals surface area contributed by atoms with Gasteiger partial charge in [-0.15, -0.1) is 5.10 Å². The van der Waals surface area contributed by atoms with Crippen molar-refractivity contribution in [2.45, 2.75) is 18.9 Å². The topological polar surface area (TPSA) is 87.7 Å². The average molecular weight is 516 g/mol. The summed E-state index contributed by atoms with van der Waals surface area (Å²) in [5, 5.41) is 13.6. The van der Waals surface area contributed by atoms with E-state index in [-0.39, 0.29) is 12.1 Å². The van der Waals surface area contributed by atoms with Gasteiger partial charge < -0.3 is 15.0 Å². The maximum absolute atomic E-state index is 12.7. The van der Waals surface area contributed by atoms with Crippen LogP contribution in [0.3, 0.4) is 0 Å².